The molecular weight excluding hydrogens is 280 g/mol. The maximum atomic E-state index is 12.7. The zero-order valence-corrected chi connectivity index (χ0v) is 9.46. The number of pyridine rings is 1. The van der Waals surface area contributed by atoms with Gasteiger partial charge in [0.25, 0.3) is 0 Å². The van der Waals surface area contributed by atoms with E-state index in [-0.39, 0.29) is 0 Å². The molecule has 0 saturated heterocycles. The van der Waals surface area contributed by atoms with Gasteiger partial charge in [0, 0.05) is 12.7 Å². The van der Waals surface area contributed by atoms with Crippen molar-refractivity contribution in [1.82, 2.24) is 9.71 Å². The molecule has 0 saturated carbocycles. The first-order valence-electron chi connectivity index (χ1n) is 4.48. The predicted octanol–water partition coefficient (Wildman–Crippen LogP) is 0.422. The fourth-order valence-electron chi connectivity index (χ4n) is 0.927. The van der Waals surface area contributed by atoms with Crippen LogP contribution in [-0.4, -0.2) is 37.3 Å². The fraction of sp³-hybridized carbons (Fsp3) is 0.375. The lowest BCUT2D eigenvalue weighted by atomic mass is 10.4. The quantitative estimate of drug-likeness (QED) is 0.787. The Balaban J connectivity index is 2.78. The monoisotopic (exact) mass is 288 g/mol. The van der Waals surface area contributed by atoms with E-state index in [1.165, 1.54) is 4.72 Å². The van der Waals surface area contributed by atoms with E-state index in [9.17, 15) is 26.0 Å². The lowest BCUT2D eigenvalue weighted by Crippen LogP contribution is -2.40. The number of sulfonamides is 1. The van der Waals surface area contributed by atoms with Crippen LogP contribution in [0.4, 0.5) is 17.6 Å². The maximum absolute atomic E-state index is 12.7. The van der Waals surface area contributed by atoms with Gasteiger partial charge in [0.1, 0.15) is 10.7 Å². The summed E-state index contributed by atoms with van der Waals surface area (Å²) in [5.74, 6) is -0.950. The van der Waals surface area contributed by atoms with E-state index in [1.54, 1.807) is 0 Å². The smallest absolute Gasteiger partial charge is 0.382 e. The Morgan fingerprint density at radius 1 is 1.39 bits per heavy atom. The van der Waals surface area contributed by atoms with Crippen LogP contribution in [0.25, 0.3) is 0 Å². The molecule has 1 heterocycles. The SMILES string of the molecule is O=S(=O)(NCC(O)C(F)(F)F)c1cncc(F)c1. The van der Waals surface area contributed by atoms with Gasteiger partial charge in [-0.1, -0.05) is 0 Å². The number of halogens is 4. The standard InChI is InChI=1S/C8H8F4N2O3S/c9-5-1-6(3-13-2-5)18(16,17)14-4-7(15)8(10,11)12/h1-3,7,14-15H,4H2. The molecule has 102 valence electrons. The molecule has 1 aromatic heterocycles. The minimum absolute atomic E-state index is 0.593. The van der Waals surface area contributed by atoms with Crippen LogP contribution in [0.3, 0.4) is 0 Å². The van der Waals surface area contributed by atoms with Gasteiger partial charge in [-0.2, -0.15) is 13.2 Å². The highest BCUT2D eigenvalue weighted by atomic mass is 32.2. The predicted molar refractivity (Wildman–Crippen MR) is 51.4 cm³/mol. The third-order valence-corrected chi connectivity index (χ3v) is 3.23. The molecule has 5 nitrogen and oxygen atoms in total. The second kappa shape index (κ2) is 5.16. The number of aliphatic hydroxyl groups excluding tert-OH is 1. The summed E-state index contributed by atoms with van der Waals surface area (Å²) in [5, 5.41) is 8.61. The van der Waals surface area contributed by atoms with Crippen molar-refractivity contribution in [2.75, 3.05) is 6.54 Å². The highest BCUT2D eigenvalue weighted by molar-refractivity contribution is 7.89. The summed E-state index contributed by atoms with van der Waals surface area (Å²) in [6, 6.07) is 0.593. The van der Waals surface area contributed by atoms with Gasteiger partial charge < -0.3 is 5.11 Å². The van der Waals surface area contributed by atoms with E-state index < -0.39 is 39.6 Å². The Bertz CT molecular complexity index is 517. The highest BCUT2D eigenvalue weighted by Crippen LogP contribution is 2.19. The first-order chi connectivity index (χ1) is 8.13. The second-order valence-electron chi connectivity index (χ2n) is 3.25. The largest absolute Gasteiger partial charge is 0.415 e. The molecule has 1 atom stereocenters. The van der Waals surface area contributed by atoms with Crippen LogP contribution in [0.15, 0.2) is 23.4 Å². The zero-order chi connectivity index (χ0) is 14.0. The normalized spacial score (nSPS) is 14.5. The minimum atomic E-state index is -4.94. The zero-order valence-electron chi connectivity index (χ0n) is 8.65. The van der Waals surface area contributed by atoms with Crippen molar-refractivity contribution in [3.8, 4) is 0 Å². The average Bonchev–Trinajstić information content (AvgIpc) is 2.24. The van der Waals surface area contributed by atoms with Crippen LogP contribution in [0.2, 0.25) is 0 Å². The number of hydrogen-bond acceptors (Lipinski definition) is 4. The van der Waals surface area contributed by atoms with Crippen LogP contribution >= 0.6 is 0 Å². The molecule has 0 aliphatic rings. The van der Waals surface area contributed by atoms with Crippen molar-refractivity contribution in [3.63, 3.8) is 0 Å². The molecule has 0 amide bonds. The van der Waals surface area contributed by atoms with Gasteiger partial charge in [0.2, 0.25) is 10.0 Å². The lowest BCUT2D eigenvalue weighted by molar-refractivity contribution is -0.200. The fourth-order valence-corrected chi connectivity index (χ4v) is 1.94. The highest BCUT2D eigenvalue weighted by Gasteiger charge is 2.38. The Kier molecular flexibility index (Phi) is 4.24. The molecule has 2 N–H and O–H groups in total. The summed E-state index contributed by atoms with van der Waals surface area (Å²) >= 11 is 0. The van der Waals surface area contributed by atoms with E-state index >= 15 is 0 Å². The third kappa shape index (κ3) is 3.89. The summed E-state index contributed by atoms with van der Waals surface area (Å²) in [6.07, 6.45) is -6.27. The molecule has 18 heavy (non-hydrogen) atoms. The van der Waals surface area contributed by atoms with Crippen LogP contribution < -0.4 is 4.72 Å². The maximum Gasteiger partial charge on any atom is 0.415 e. The molecule has 0 bridgehead atoms. The minimum Gasteiger partial charge on any atom is -0.382 e. The van der Waals surface area contributed by atoms with Gasteiger partial charge in [0.05, 0.1) is 6.20 Å². The molecule has 0 aromatic carbocycles. The van der Waals surface area contributed by atoms with Crippen molar-refractivity contribution >= 4 is 10.0 Å². The van der Waals surface area contributed by atoms with E-state index in [0.29, 0.717) is 6.07 Å². The van der Waals surface area contributed by atoms with Crippen LogP contribution in [0, 0.1) is 5.82 Å². The van der Waals surface area contributed by atoms with E-state index in [1.807, 2.05) is 0 Å². The number of nitrogens with one attached hydrogen (secondary N) is 1. The van der Waals surface area contributed by atoms with Crippen molar-refractivity contribution in [2.45, 2.75) is 17.2 Å². The summed E-state index contributed by atoms with van der Waals surface area (Å²) in [5.41, 5.74) is 0. The van der Waals surface area contributed by atoms with Crippen molar-refractivity contribution < 1.29 is 31.1 Å². The topological polar surface area (TPSA) is 79.3 Å². The Morgan fingerprint density at radius 2 is 2.00 bits per heavy atom. The van der Waals surface area contributed by atoms with Gasteiger partial charge >= 0.3 is 6.18 Å². The van der Waals surface area contributed by atoms with Gasteiger partial charge in [-0.15, -0.1) is 0 Å². The molecule has 1 rings (SSSR count). The van der Waals surface area contributed by atoms with Gasteiger partial charge in [-0.05, 0) is 6.07 Å². The number of aliphatic hydroxyl groups is 1. The van der Waals surface area contributed by atoms with Crippen LogP contribution in [-0.2, 0) is 10.0 Å². The van der Waals surface area contributed by atoms with Gasteiger partial charge in [0.15, 0.2) is 6.10 Å². The molecular formula is C8H8F4N2O3S. The average molecular weight is 288 g/mol. The first-order valence-corrected chi connectivity index (χ1v) is 5.96. The Labute approximate surface area is 99.5 Å². The number of hydrogen-bond donors (Lipinski definition) is 2. The third-order valence-electron chi connectivity index (χ3n) is 1.83. The summed E-state index contributed by atoms with van der Waals surface area (Å²) in [4.78, 5) is 2.62. The molecule has 0 spiro atoms. The van der Waals surface area contributed by atoms with E-state index in [4.69, 9.17) is 5.11 Å². The first kappa shape index (κ1) is 14.8. The van der Waals surface area contributed by atoms with E-state index in [2.05, 4.69) is 4.98 Å². The van der Waals surface area contributed by atoms with Gasteiger partial charge in [-0.3, -0.25) is 4.98 Å². The van der Waals surface area contributed by atoms with Crippen LogP contribution in [0.5, 0.6) is 0 Å². The number of nitrogens with zero attached hydrogens (tertiary/aromatic N) is 1. The summed E-state index contributed by atoms with van der Waals surface area (Å²) < 4.78 is 72.8. The molecule has 1 aromatic rings. The summed E-state index contributed by atoms with van der Waals surface area (Å²) in [7, 11) is -4.35. The molecule has 0 aliphatic heterocycles. The Morgan fingerprint density at radius 3 is 2.50 bits per heavy atom. The molecule has 0 radical (unpaired) electrons. The van der Waals surface area contributed by atoms with Crippen molar-refractivity contribution in [2.24, 2.45) is 0 Å². The molecule has 0 fully saturated rings. The summed E-state index contributed by atoms with van der Waals surface area (Å²) in [6.45, 7) is -1.26. The lowest BCUT2D eigenvalue weighted by Gasteiger charge is -2.15. The second-order valence-corrected chi connectivity index (χ2v) is 5.02. The van der Waals surface area contributed by atoms with Crippen molar-refractivity contribution in [3.05, 3.63) is 24.3 Å². The van der Waals surface area contributed by atoms with Crippen molar-refractivity contribution in [1.29, 1.82) is 0 Å². The molecule has 0 aliphatic carbocycles. The van der Waals surface area contributed by atoms with Gasteiger partial charge in [-0.25, -0.2) is 17.5 Å². The molecule has 10 heteroatoms. The number of aromatic nitrogens is 1. The molecule has 1 unspecified atom stereocenters. The van der Waals surface area contributed by atoms with E-state index in [0.717, 1.165) is 12.4 Å². The number of rotatable bonds is 4. The number of alkyl halides is 3. The van der Waals surface area contributed by atoms with Crippen LogP contribution in [0.1, 0.15) is 0 Å². The Hall–Kier alpha value is -1.26.